The van der Waals surface area contributed by atoms with Crippen molar-refractivity contribution in [3.63, 3.8) is 0 Å². The SMILES string of the molecule is CC(=O)[C@]1(OC(=O)c2ccc([N+](=O)[O-])cc2)C[C@H](c2ccc([N+](=O)[O-])cc2)N(c2ccccc2)O1. The van der Waals surface area contributed by atoms with Gasteiger partial charge in [-0.1, -0.05) is 30.3 Å². The van der Waals surface area contributed by atoms with Crippen molar-refractivity contribution in [1.82, 2.24) is 0 Å². The van der Waals surface area contributed by atoms with Gasteiger partial charge in [-0.25, -0.2) is 14.7 Å². The molecule has 35 heavy (non-hydrogen) atoms. The van der Waals surface area contributed by atoms with E-state index in [-0.39, 0.29) is 23.4 Å². The first-order valence-electron chi connectivity index (χ1n) is 10.5. The number of Topliss-reactive ketones (excluding diaryl/α,β-unsaturated/α-hetero) is 1. The lowest BCUT2D eigenvalue weighted by Crippen LogP contribution is -2.43. The van der Waals surface area contributed by atoms with Crippen LogP contribution in [0.5, 0.6) is 0 Å². The maximum Gasteiger partial charge on any atom is 0.341 e. The molecule has 1 saturated heterocycles. The molecule has 11 nitrogen and oxygen atoms in total. The van der Waals surface area contributed by atoms with Crippen molar-refractivity contribution in [2.75, 3.05) is 5.06 Å². The molecular formula is C24H19N3O8. The summed E-state index contributed by atoms with van der Waals surface area (Å²) in [6.07, 6.45) is -0.0895. The molecule has 0 amide bonds. The Hall–Kier alpha value is -4.64. The number of hydroxylamine groups is 1. The van der Waals surface area contributed by atoms with Gasteiger partial charge >= 0.3 is 5.97 Å². The fourth-order valence-electron chi connectivity index (χ4n) is 3.74. The molecule has 0 radical (unpaired) electrons. The molecule has 0 saturated carbocycles. The first-order chi connectivity index (χ1) is 16.7. The molecule has 11 heteroatoms. The summed E-state index contributed by atoms with van der Waals surface area (Å²) in [7, 11) is 0. The fourth-order valence-corrected chi connectivity index (χ4v) is 3.74. The zero-order valence-electron chi connectivity index (χ0n) is 18.4. The zero-order valence-corrected chi connectivity index (χ0v) is 18.4. The van der Waals surface area contributed by atoms with Crippen LogP contribution < -0.4 is 5.06 Å². The highest BCUT2D eigenvalue weighted by Gasteiger charge is 2.53. The van der Waals surface area contributed by atoms with Crippen LogP contribution in [-0.4, -0.2) is 27.4 Å². The number of nitrogens with zero attached hydrogens (tertiary/aromatic N) is 3. The van der Waals surface area contributed by atoms with Crippen LogP contribution in [0, 0.1) is 20.2 Å². The molecule has 3 aromatic carbocycles. The highest BCUT2D eigenvalue weighted by molar-refractivity contribution is 5.94. The van der Waals surface area contributed by atoms with Crippen LogP contribution in [-0.2, 0) is 14.4 Å². The van der Waals surface area contributed by atoms with E-state index in [0.717, 1.165) is 12.1 Å². The smallest absolute Gasteiger partial charge is 0.341 e. The van der Waals surface area contributed by atoms with E-state index in [2.05, 4.69) is 0 Å². The zero-order chi connectivity index (χ0) is 25.2. The Kier molecular flexibility index (Phi) is 6.26. The molecule has 0 bridgehead atoms. The molecule has 0 aliphatic carbocycles. The molecular weight excluding hydrogens is 458 g/mol. The van der Waals surface area contributed by atoms with Crippen molar-refractivity contribution in [2.24, 2.45) is 0 Å². The predicted molar refractivity (Wildman–Crippen MR) is 122 cm³/mol. The van der Waals surface area contributed by atoms with Gasteiger partial charge in [0.15, 0.2) is 0 Å². The van der Waals surface area contributed by atoms with Crippen LogP contribution in [0.3, 0.4) is 0 Å². The number of esters is 1. The van der Waals surface area contributed by atoms with Gasteiger partial charge in [0.2, 0.25) is 5.78 Å². The molecule has 178 valence electrons. The minimum absolute atomic E-state index is 0.00451. The fraction of sp³-hybridized carbons (Fsp3) is 0.167. The number of para-hydroxylation sites is 1. The number of rotatable bonds is 7. The third-order valence-corrected chi connectivity index (χ3v) is 5.60. The summed E-state index contributed by atoms with van der Waals surface area (Å²) < 4.78 is 5.58. The largest absolute Gasteiger partial charge is 0.419 e. The lowest BCUT2D eigenvalue weighted by molar-refractivity contribution is -0.385. The van der Waals surface area contributed by atoms with E-state index >= 15 is 0 Å². The number of nitro groups is 2. The van der Waals surface area contributed by atoms with E-state index in [1.165, 1.54) is 36.3 Å². The van der Waals surface area contributed by atoms with Crippen LogP contribution in [0.2, 0.25) is 0 Å². The van der Waals surface area contributed by atoms with Crippen LogP contribution in [0.25, 0.3) is 0 Å². The van der Waals surface area contributed by atoms with Gasteiger partial charge in [-0.15, -0.1) is 0 Å². The molecule has 3 aromatic rings. The second kappa shape index (κ2) is 9.31. The summed E-state index contributed by atoms with van der Waals surface area (Å²) >= 11 is 0. The van der Waals surface area contributed by atoms with Gasteiger partial charge in [0.1, 0.15) is 0 Å². The van der Waals surface area contributed by atoms with Crippen molar-refractivity contribution in [2.45, 2.75) is 25.2 Å². The first kappa shape index (κ1) is 23.5. The number of benzene rings is 3. The van der Waals surface area contributed by atoms with Crippen molar-refractivity contribution < 1.29 is 29.0 Å². The third kappa shape index (κ3) is 4.70. The van der Waals surface area contributed by atoms with Gasteiger partial charge in [-0.05, 0) is 29.8 Å². The van der Waals surface area contributed by atoms with E-state index in [1.54, 1.807) is 42.5 Å². The average Bonchev–Trinajstić information content (AvgIpc) is 3.25. The number of hydrogen-bond donors (Lipinski definition) is 0. The highest BCUT2D eigenvalue weighted by Crippen LogP contribution is 2.45. The normalized spacial score (nSPS) is 19.2. The Labute approximate surface area is 198 Å². The Morgan fingerprint density at radius 2 is 1.46 bits per heavy atom. The van der Waals surface area contributed by atoms with Crippen molar-refractivity contribution in [1.29, 1.82) is 0 Å². The Balaban J connectivity index is 1.68. The molecule has 1 aliphatic heterocycles. The Bertz CT molecular complexity index is 1280. The predicted octanol–water partition coefficient (Wildman–Crippen LogP) is 4.53. The van der Waals surface area contributed by atoms with Gasteiger partial charge in [0.25, 0.3) is 17.2 Å². The number of carbonyl (C=O) groups excluding carboxylic acids is 2. The maximum atomic E-state index is 12.9. The second-order valence-electron chi connectivity index (χ2n) is 7.82. The lowest BCUT2D eigenvalue weighted by Gasteiger charge is -2.27. The van der Waals surface area contributed by atoms with Crippen LogP contribution in [0.1, 0.15) is 35.3 Å². The molecule has 1 fully saturated rings. The molecule has 0 aromatic heterocycles. The minimum Gasteiger partial charge on any atom is -0.419 e. The van der Waals surface area contributed by atoms with E-state index in [1.807, 2.05) is 0 Å². The molecule has 2 atom stereocenters. The quantitative estimate of drug-likeness (QED) is 0.272. The molecule has 4 rings (SSSR count). The van der Waals surface area contributed by atoms with E-state index in [9.17, 15) is 29.8 Å². The molecule has 0 unspecified atom stereocenters. The van der Waals surface area contributed by atoms with Crippen LogP contribution in [0.15, 0.2) is 78.9 Å². The number of nitro benzene ring substituents is 2. The molecule has 0 spiro atoms. The standard InChI is InChI=1S/C24H19N3O8/c1-16(28)24(34-23(29)18-9-13-21(14-10-18)27(32)33)15-22(17-7-11-20(12-8-17)26(30)31)25(35-24)19-5-3-2-4-6-19/h2-14,22H,15H2,1H3/t22-,24+/m1/s1. The van der Waals surface area contributed by atoms with Crippen molar-refractivity contribution in [3.05, 3.63) is 110 Å². The van der Waals surface area contributed by atoms with Gasteiger partial charge in [-0.3, -0.25) is 25.0 Å². The van der Waals surface area contributed by atoms with Gasteiger partial charge in [0.05, 0.1) is 33.6 Å². The Morgan fingerprint density at radius 1 is 0.914 bits per heavy atom. The number of non-ortho nitro benzene ring substituents is 2. The number of hydrogen-bond acceptors (Lipinski definition) is 9. The highest BCUT2D eigenvalue weighted by atomic mass is 16.8. The topological polar surface area (TPSA) is 142 Å². The van der Waals surface area contributed by atoms with Gasteiger partial charge in [0, 0.05) is 31.2 Å². The number of ketones is 1. The van der Waals surface area contributed by atoms with Crippen molar-refractivity contribution in [3.8, 4) is 0 Å². The van der Waals surface area contributed by atoms with E-state index < -0.39 is 33.4 Å². The van der Waals surface area contributed by atoms with Crippen LogP contribution in [0.4, 0.5) is 17.1 Å². The number of anilines is 1. The summed E-state index contributed by atoms with van der Waals surface area (Å²) in [5.41, 5.74) is 0.888. The number of ether oxygens (including phenoxy) is 1. The summed E-state index contributed by atoms with van der Waals surface area (Å²) in [6, 6.07) is 18.8. The van der Waals surface area contributed by atoms with Crippen molar-refractivity contribution >= 4 is 28.8 Å². The maximum absolute atomic E-state index is 12.9. The number of carbonyl (C=O) groups is 2. The Morgan fingerprint density at radius 3 is 1.97 bits per heavy atom. The molecule has 1 aliphatic rings. The van der Waals surface area contributed by atoms with Crippen LogP contribution >= 0.6 is 0 Å². The summed E-state index contributed by atoms with van der Waals surface area (Å²) in [4.78, 5) is 52.5. The molecule has 0 N–H and O–H groups in total. The monoisotopic (exact) mass is 477 g/mol. The first-order valence-corrected chi connectivity index (χ1v) is 10.5. The second-order valence-corrected chi connectivity index (χ2v) is 7.82. The molecule has 1 heterocycles. The lowest BCUT2D eigenvalue weighted by atomic mass is 9.97. The average molecular weight is 477 g/mol. The minimum atomic E-state index is -1.98. The van der Waals surface area contributed by atoms with Gasteiger partial charge < -0.3 is 4.74 Å². The third-order valence-electron chi connectivity index (χ3n) is 5.60. The summed E-state index contributed by atoms with van der Waals surface area (Å²) in [5.74, 6) is -3.45. The summed E-state index contributed by atoms with van der Waals surface area (Å²) in [5, 5.41) is 23.4. The van der Waals surface area contributed by atoms with Gasteiger partial charge in [-0.2, -0.15) is 0 Å². The van der Waals surface area contributed by atoms with E-state index in [4.69, 9.17) is 9.57 Å². The van der Waals surface area contributed by atoms with E-state index in [0.29, 0.717) is 11.3 Å². The summed E-state index contributed by atoms with van der Waals surface area (Å²) in [6.45, 7) is 1.23.